The summed E-state index contributed by atoms with van der Waals surface area (Å²) in [7, 11) is 0. The van der Waals surface area contributed by atoms with Crippen molar-refractivity contribution in [2.24, 2.45) is 0 Å². The molecule has 59 heavy (non-hydrogen) atoms. The van der Waals surface area contributed by atoms with E-state index in [-0.39, 0.29) is 0 Å². The predicted molar refractivity (Wildman–Crippen MR) is 258 cm³/mol. The molecule has 334 valence electrons. The van der Waals surface area contributed by atoms with Gasteiger partial charge in [0.05, 0.1) is 0 Å². The molecular formula is C56H90N2Ni. The van der Waals surface area contributed by atoms with Crippen LogP contribution in [0.5, 0.6) is 0 Å². The van der Waals surface area contributed by atoms with E-state index >= 15 is 0 Å². The standard InChI is InChI=1S/C52H80N2.2C2H5.Ni/c1-5-9-13-15-17-18-19-20-21-22-23-24-25-26-27-28-30-32-38-46-39-33-34-43-48(46)52-50(42-12-8-4)49(41-11-7-3)51(54(52)53)47-40-35-37-45(44-47)36-31-29-16-14-10-6-2;2*1-2;/h33-35,37,39-40,43-44H,5-27,29,31-32,36,38,41-42H2,1-4H3;2*1H2,2H3;. The molecule has 2 aromatic rings. The first-order chi connectivity index (χ1) is 29.1. The number of allylic oxidation sites excluding steroid dienone is 2. The summed E-state index contributed by atoms with van der Waals surface area (Å²) in [5.41, 5.74) is 21.9. The quantitative estimate of drug-likeness (QED) is 0.0296. The number of nitrogens with zero attached hydrogens (tertiary/aromatic N) is 2. The fourth-order valence-corrected chi connectivity index (χ4v) is 8.86. The van der Waals surface area contributed by atoms with Gasteiger partial charge in [0.2, 0.25) is 11.4 Å². The van der Waals surface area contributed by atoms with Gasteiger partial charge in [0.25, 0.3) is 0 Å². The Balaban J connectivity index is 0.00000225. The molecule has 2 nitrogen and oxygen atoms in total. The van der Waals surface area contributed by atoms with Crippen LogP contribution in [0.1, 0.15) is 244 Å². The molecule has 0 saturated carbocycles. The Hall–Kier alpha value is -2.43. The average Bonchev–Trinajstić information content (AvgIpc) is 3.53. The van der Waals surface area contributed by atoms with Gasteiger partial charge < -0.3 is 5.53 Å². The van der Waals surface area contributed by atoms with E-state index in [2.05, 4.69) is 102 Å². The Kier molecular flexibility index (Phi) is 32.4. The fourth-order valence-electron chi connectivity index (χ4n) is 8.37. The molecule has 0 atom stereocenters. The second-order valence-electron chi connectivity index (χ2n) is 16.9. The zero-order valence-electron chi connectivity index (χ0n) is 39.5. The van der Waals surface area contributed by atoms with Crippen molar-refractivity contribution in [2.75, 3.05) is 0 Å². The first-order valence-electron chi connectivity index (χ1n) is 25.1. The maximum atomic E-state index is 12.2. The van der Waals surface area contributed by atoms with Gasteiger partial charge in [-0.25, -0.2) is 4.70 Å². The van der Waals surface area contributed by atoms with Gasteiger partial charge in [-0.1, -0.05) is 186 Å². The van der Waals surface area contributed by atoms with E-state index in [1.54, 1.807) is 4.70 Å². The van der Waals surface area contributed by atoms with Crippen molar-refractivity contribution in [1.82, 2.24) is 0 Å². The summed E-state index contributed by atoms with van der Waals surface area (Å²) in [5, 5.41) is 2.56. The molecule has 2 aromatic carbocycles. The maximum absolute atomic E-state index is 12.2. The monoisotopic (exact) mass is 849 g/mol. The zero-order chi connectivity index (χ0) is 42.6. The van der Waals surface area contributed by atoms with Gasteiger partial charge in [-0.3, -0.25) is 0 Å². The molecule has 1 heterocycles. The van der Waals surface area contributed by atoms with Crippen molar-refractivity contribution in [1.29, 1.82) is 0 Å². The Morgan fingerprint density at radius 2 is 0.949 bits per heavy atom. The van der Waals surface area contributed by atoms with E-state index in [1.807, 2.05) is 14.4 Å². The van der Waals surface area contributed by atoms with Gasteiger partial charge in [-0.2, -0.15) is 0 Å². The third-order valence-electron chi connectivity index (χ3n) is 11.8. The van der Waals surface area contributed by atoms with Crippen molar-refractivity contribution >= 4 is 11.4 Å². The van der Waals surface area contributed by atoms with Crippen LogP contribution in [0.25, 0.3) is 16.9 Å². The number of rotatable bonds is 33. The Bertz CT molecular complexity index is 1500. The van der Waals surface area contributed by atoms with Crippen LogP contribution in [0.15, 0.2) is 59.7 Å². The third-order valence-corrected chi connectivity index (χ3v) is 12.8. The molecule has 0 aromatic heterocycles. The fraction of sp³-hybridized carbons (Fsp3) is 0.679. The number of benzene rings is 2. The minimum atomic E-state index is 0.863. The summed E-state index contributed by atoms with van der Waals surface area (Å²) < 4.78 is 1.58. The number of hydrogen-bond donors (Lipinski definition) is 0. The normalized spacial score (nSPS) is 12.6. The first-order valence-corrected chi connectivity index (χ1v) is 26.5. The molecule has 3 rings (SSSR count). The molecule has 0 bridgehead atoms. The van der Waals surface area contributed by atoms with E-state index in [1.165, 1.54) is 167 Å². The minimum absolute atomic E-state index is 0.863. The van der Waals surface area contributed by atoms with Gasteiger partial charge in [0, 0.05) is 35.1 Å². The molecule has 0 N–H and O–H groups in total. The molecule has 0 aliphatic carbocycles. The second-order valence-corrected chi connectivity index (χ2v) is 18.7. The number of unbranched alkanes of at least 4 members (excludes halogenated alkanes) is 21. The summed E-state index contributed by atoms with van der Waals surface area (Å²) in [6, 6.07) is 17.8. The Labute approximate surface area is 373 Å². The van der Waals surface area contributed by atoms with Crippen molar-refractivity contribution in [3.63, 3.8) is 0 Å². The van der Waals surface area contributed by atoms with Gasteiger partial charge in [-0.05, 0) is 80.7 Å². The van der Waals surface area contributed by atoms with Crippen molar-refractivity contribution in [3.05, 3.63) is 87.5 Å². The van der Waals surface area contributed by atoms with Crippen LogP contribution in [0.2, 0.25) is 10.8 Å². The van der Waals surface area contributed by atoms with Crippen LogP contribution in [-0.2, 0) is 27.3 Å². The van der Waals surface area contributed by atoms with Crippen LogP contribution in [0.3, 0.4) is 0 Å². The summed E-state index contributed by atoms with van der Waals surface area (Å²) >= 11 is 1.82. The topological polar surface area (TPSA) is 25.3 Å². The van der Waals surface area contributed by atoms with E-state index in [9.17, 15) is 5.53 Å². The number of hydrogen-bond acceptors (Lipinski definition) is 0. The van der Waals surface area contributed by atoms with E-state index in [0.29, 0.717) is 0 Å². The molecule has 0 saturated heterocycles. The van der Waals surface area contributed by atoms with Crippen LogP contribution in [0.4, 0.5) is 0 Å². The van der Waals surface area contributed by atoms with E-state index in [0.717, 1.165) is 81.2 Å². The first kappa shape index (κ1) is 52.7. The SMILES string of the molecule is CCCCCCCCCCCCCCCCC#CCCc1ccccc1C1=C(CCCC)C(CCCC)=C(c2cccc(CCCCCCCC)c2)[N+]1=[N-].C[CH2][Ni][CH2]C. The second kappa shape index (κ2) is 36.2. The number of aryl methyl sites for hydroxylation is 2. The van der Waals surface area contributed by atoms with Crippen LogP contribution in [-0.4, -0.2) is 4.70 Å². The molecule has 0 amide bonds. The molecule has 0 radical (unpaired) electrons. The zero-order valence-corrected chi connectivity index (χ0v) is 40.4. The van der Waals surface area contributed by atoms with E-state index < -0.39 is 0 Å². The van der Waals surface area contributed by atoms with Gasteiger partial charge in [-0.15, -0.1) is 11.8 Å². The third kappa shape index (κ3) is 22.3. The molecule has 1 aliphatic heterocycles. The van der Waals surface area contributed by atoms with Gasteiger partial charge in [0.15, 0.2) is 0 Å². The van der Waals surface area contributed by atoms with Crippen molar-refractivity contribution < 1.29 is 19.1 Å². The van der Waals surface area contributed by atoms with Crippen LogP contribution in [0, 0.1) is 11.8 Å². The molecule has 0 spiro atoms. The molecule has 0 fully saturated rings. The Morgan fingerprint density at radius 3 is 1.49 bits per heavy atom. The Morgan fingerprint density at radius 1 is 0.458 bits per heavy atom. The van der Waals surface area contributed by atoms with Crippen molar-refractivity contribution in [3.8, 4) is 11.8 Å². The summed E-state index contributed by atoms with van der Waals surface area (Å²) in [6.07, 6.45) is 37.8. The summed E-state index contributed by atoms with van der Waals surface area (Å²) in [5.74, 6) is 7.01. The van der Waals surface area contributed by atoms with Crippen molar-refractivity contribution in [2.45, 2.75) is 245 Å². The molecule has 3 heteroatoms. The van der Waals surface area contributed by atoms with E-state index in [4.69, 9.17) is 0 Å². The predicted octanol–water partition coefficient (Wildman–Crippen LogP) is 18.9. The molecular weight excluding hydrogens is 759 g/mol. The molecule has 1 aliphatic rings. The van der Waals surface area contributed by atoms with Gasteiger partial charge >= 0.3 is 39.1 Å². The average molecular weight is 850 g/mol. The summed E-state index contributed by atoms with van der Waals surface area (Å²) in [6.45, 7) is 13.5. The summed E-state index contributed by atoms with van der Waals surface area (Å²) in [4.78, 5) is 0. The van der Waals surface area contributed by atoms with Crippen LogP contribution >= 0.6 is 0 Å². The molecule has 0 unspecified atom stereocenters. The van der Waals surface area contributed by atoms with Crippen LogP contribution < -0.4 is 0 Å². The van der Waals surface area contributed by atoms with Gasteiger partial charge in [0.1, 0.15) is 0 Å².